The molecule has 0 aliphatic carbocycles. The predicted octanol–water partition coefficient (Wildman–Crippen LogP) is 3.19. The molecule has 1 aliphatic rings. The molecule has 1 aliphatic heterocycles. The van der Waals surface area contributed by atoms with Gasteiger partial charge in [0.05, 0.1) is 18.8 Å². The minimum absolute atomic E-state index is 0.232. The van der Waals surface area contributed by atoms with Crippen LogP contribution in [-0.4, -0.2) is 42.5 Å². The van der Waals surface area contributed by atoms with E-state index < -0.39 is 0 Å². The van der Waals surface area contributed by atoms with E-state index >= 15 is 0 Å². The number of furan rings is 1. The topological polar surface area (TPSA) is 65.7 Å². The van der Waals surface area contributed by atoms with Gasteiger partial charge in [0.2, 0.25) is 0 Å². The first-order chi connectivity index (χ1) is 12.8. The van der Waals surface area contributed by atoms with Crippen molar-refractivity contribution in [3.05, 3.63) is 40.2 Å². The Hall–Kier alpha value is -1.86. The molecule has 0 amide bonds. The molecule has 3 rings (SSSR count). The van der Waals surface area contributed by atoms with E-state index in [9.17, 15) is 0 Å². The van der Waals surface area contributed by atoms with Crippen molar-refractivity contribution in [1.82, 2.24) is 20.5 Å². The number of nitrogens with zero attached hydrogens (tertiary/aromatic N) is 3. The van der Waals surface area contributed by atoms with Crippen LogP contribution in [-0.2, 0) is 13.0 Å². The Balaban J connectivity index is 1.55. The smallest absolute Gasteiger partial charge is 0.191 e. The van der Waals surface area contributed by atoms with Gasteiger partial charge in [-0.05, 0) is 44.5 Å². The fourth-order valence-corrected chi connectivity index (χ4v) is 4.09. The van der Waals surface area contributed by atoms with Crippen LogP contribution in [0.25, 0.3) is 0 Å². The fraction of sp³-hybridized carbons (Fsp3) is 0.579. The number of nitrogens with one attached hydrogen (secondary N) is 2. The summed E-state index contributed by atoms with van der Waals surface area (Å²) in [6, 6.07) is 4.27. The molecule has 142 valence electrons. The largest absolute Gasteiger partial charge is 0.468 e. The maximum Gasteiger partial charge on any atom is 0.191 e. The third-order valence-corrected chi connectivity index (χ3v) is 5.89. The van der Waals surface area contributed by atoms with Crippen LogP contribution >= 0.6 is 11.3 Å². The summed E-state index contributed by atoms with van der Waals surface area (Å²) in [4.78, 5) is 12.6. The van der Waals surface area contributed by atoms with E-state index in [4.69, 9.17) is 4.42 Å². The van der Waals surface area contributed by atoms with E-state index in [-0.39, 0.29) is 6.04 Å². The molecular formula is C19H29N5OS. The predicted molar refractivity (Wildman–Crippen MR) is 107 cm³/mol. The molecule has 0 bridgehead atoms. The number of aryl methyl sites for hydroxylation is 1. The number of thiazole rings is 1. The molecule has 2 N–H and O–H groups in total. The highest BCUT2D eigenvalue weighted by Gasteiger charge is 2.24. The third-order valence-electron chi connectivity index (χ3n) is 4.75. The second-order valence-electron chi connectivity index (χ2n) is 6.51. The summed E-state index contributed by atoms with van der Waals surface area (Å²) in [5, 5.41) is 7.91. The standard InChI is InChI=1S/C19H29N5OS/c1-3-15-12-21-18(26-15)14-23-19(20-2)22-13-16(17-8-7-11-25-17)24-9-5-4-6-10-24/h7-8,11-12,16H,3-6,9-10,13-14H2,1-2H3,(H2,20,22,23). The van der Waals surface area contributed by atoms with E-state index in [0.29, 0.717) is 6.54 Å². The summed E-state index contributed by atoms with van der Waals surface area (Å²) in [7, 11) is 1.80. The maximum absolute atomic E-state index is 5.71. The zero-order chi connectivity index (χ0) is 18.2. The second-order valence-corrected chi connectivity index (χ2v) is 7.71. The molecule has 0 spiro atoms. The van der Waals surface area contributed by atoms with Gasteiger partial charge in [-0.15, -0.1) is 11.3 Å². The third kappa shape index (κ3) is 5.08. The van der Waals surface area contributed by atoms with Crippen molar-refractivity contribution in [1.29, 1.82) is 0 Å². The minimum atomic E-state index is 0.232. The quantitative estimate of drug-likeness (QED) is 0.575. The highest BCUT2D eigenvalue weighted by Crippen LogP contribution is 2.24. The van der Waals surface area contributed by atoms with Gasteiger partial charge in [0.15, 0.2) is 5.96 Å². The molecule has 2 aromatic heterocycles. The molecular weight excluding hydrogens is 346 g/mol. The zero-order valence-electron chi connectivity index (χ0n) is 15.7. The fourth-order valence-electron chi connectivity index (χ4n) is 3.29. The van der Waals surface area contributed by atoms with Crippen LogP contribution in [0.3, 0.4) is 0 Å². The highest BCUT2D eigenvalue weighted by molar-refractivity contribution is 7.11. The van der Waals surface area contributed by atoms with Gasteiger partial charge >= 0.3 is 0 Å². The van der Waals surface area contributed by atoms with E-state index in [0.717, 1.165) is 42.8 Å². The zero-order valence-corrected chi connectivity index (χ0v) is 16.5. The normalized spacial score (nSPS) is 17.2. The molecule has 1 atom stereocenters. The van der Waals surface area contributed by atoms with Crippen molar-refractivity contribution in [2.45, 2.75) is 45.2 Å². The SMILES string of the molecule is CCc1cnc(CNC(=NC)NCC(c2ccco2)N2CCCCC2)s1. The number of aliphatic imine (C=N–C) groups is 1. The van der Waals surface area contributed by atoms with Crippen molar-refractivity contribution in [2.24, 2.45) is 4.99 Å². The number of guanidine groups is 1. The van der Waals surface area contributed by atoms with Gasteiger partial charge in [-0.3, -0.25) is 9.89 Å². The summed E-state index contributed by atoms with van der Waals surface area (Å²) in [6.07, 6.45) is 8.59. The van der Waals surface area contributed by atoms with Crippen LogP contribution in [0.15, 0.2) is 34.0 Å². The Bertz CT molecular complexity index is 676. The lowest BCUT2D eigenvalue weighted by molar-refractivity contribution is 0.146. The number of hydrogen-bond acceptors (Lipinski definition) is 5. The number of piperidine rings is 1. The Morgan fingerprint density at radius 1 is 1.35 bits per heavy atom. The van der Waals surface area contributed by atoms with E-state index in [1.165, 1.54) is 24.1 Å². The van der Waals surface area contributed by atoms with Gasteiger partial charge in [-0.25, -0.2) is 4.98 Å². The van der Waals surface area contributed by atoms with Crippen LogP contribution in [0, 0.1) is 0 Å². The molecule has 0 aromatic carbocycles. The Morgan fingerprint density at radius 3 is 2.85 bits per heavy atom. The van der Waals surface area contributed by atoms with E-state index in [1.807, 2.05) is 12.3 Å². The molecule has 2 aromatic rings. The molecule has 1 fully saturated rings. The Morgan fingerprint density at radius 2 is 2.19 bits per heavy atom. The van der Waals surface area contributed by atoms with E-state index in [2.05, 4.69) is 38.5 Å². The summed E-state index contributed by atoms with van der Waals surface area (Å²) < 4.78 is 5.71. The molecule has 3 heterocycles. The average Bonchev–Trinajstić information content (AvgIpc) is 3.37. The second kappa shape index (κ2) is 9.73. The lowest BCUT2D eigenvalue weighted by Gasteiger charge is -2.33. The maximum atomic E-state index is 5.71. The van der Waals surface area contributed by atoms with Gasteiger partial charge in [0.1, 0.15) is 10.8 Å². The first-order valence-corrected chi connectivity index (χ1v) is 10.3. The van der Waals surface area contributed by atoms with Crippen LogP contribution in [0.1, 0.15) is 47.9 Å². The number of rotatable bonds is 7. The molecule has 6 nitrogen and oxygen atoms in total. The van der Waals surface area contributed by atoms with Gasteiger partial charge in [-0.2, -0.15) is 0 Å². The number of likely N-dealkylation sites (tertiary alicyclic amines) is 1. The molecule has 7 heteroatoms. The van der Waals surface area contributed by atoms with Crippen molar-refractivity contribution in [2.75, 3.05) is 26.7 Å². The van der Waals surface area contributed by atoms with Gasteiger partial charge in [0.25, 0.3) is 0 Å². The first kappa shape index (κ1) is 18.9. The molecule has 0 radical (unpaired) electrons. The molecule has 0 saturated carbocycles. The lowest BCUT2D eigenvalue weighted by Crippen LogP contribution is -2.44. The molecule has 1 saturated heterocycles. The average molecular weight is 376 g/mol. The Kier molecular flexibility index (Phi) is 7.08. The molecule has 26 heavy (non-hydrogen) atoms. The van der Waals surface area contributed by atoms with E-state index in [1.54, 1.807) is 24.6 Å². The van der Waals surface area contributed by atoms with Crippen molar-refractivity contribution in [3.63, 3.8) is 0 Å². The number of aromatic nitrogens is 1. The van der Waals surface area contributed by atoms with Gasteiger partial charge in [0, 0.05) is 24.7 Å². The molecule has 1 unspecified atom stereocenters. The van der Waals surface area contributed by atoms with Crippen LogP contribution < -0.4 is 10.6 Å². The summed E-state index contributed by atoms with van der Waals surface area (Å²) in [5.41, 5.74) is 0. The first-order valence-electron chi connectivity index (χ1n) is 9.45. The van der Waals surface area contributed by atoms with Crippen molar-refractivity contribution >= 4 is 17.3 Å². The van der Waals surface area contributed by atoms with Crippen molar-refractivity contribution in [3.8, 4) is 0 Å². The summed E-state index contributed by atoms with van der Waals surface area (Å²) >= 11 is 1.75. The number of hydrogen-bond donors (Lipinski definition) is 2. The van der Waals surface area contributed by atoms with Crippen LogP contribution in [0.4, 0.5) is 0 Å². The summed E-state index contributed by atoms with van der Waals surface area (Å²) in [5.74, 6) is 1.81. The van der Waals surface area contributed by atoms with Crippen molar-refractivity contribution < 1.29 is 4.42 Å². The summed E-state index contributed by atoms with van der Waals surface area (Å²) in [6.45, 7) is 5.86. The monoisotopic (exact) mass is 375 g/mol. The minimum Gasteiger partial charge on any atom is -0.468 e. The Labute approximate surface area is 159 Å². The van der Waals surface area contributed by atoms with Gasteiger partial charge < -0.3 is 15.1 Å². The van der Waals surface area contributed by atoms with Gasteiger partial charge in [-0.1, -0.05) is 13.3 Å². The van der Waals surface area contributed by atoms with Crippen LogP contribution in [0.5, 0.6) is 0 Å². The highest BCUT2D eigenvalue weighted by atomic mass is 32.1. The lowest BCUT2D eigenvalue weighted by atomic mass is 10.1. The van der Waals surface area contributed by atoms with Crippen LogP contribution in [0.2, 0.25) is 0 Å².